The highest BCUT2D eigenvalue weighted by Gasteiger charge is 2.15. The quantitative estimate of drug-likeness (QED) is 0.660. The third kappa shape index (κ3) is 3.99. The van der Waals surface area contributed by atoms with Gasteiger partial charge in [-0.2, -0.15) is 0 Å². The van der Waals surface area contributed by atoms with E-state index >= 15 is 0 Å². The van der Waals surface area contributed by atoms with E-state index in [1.54, 1.807) is 0 Å². The molecule has 0 spiro atoms. The number of anilines is 3. The molecule has 7 nitrogen and oxygen atoms in total. The summed E-state index contributed by atoms with van der Waals surface area (Å²) in [7, 11) is 0. The molecule has 0 atom stereocenters. The van der Waals surface area contributed by atoms with E-state index in [1.165, 1.54) is 12.4 Å². The first-order valence-electron chi connectivity index (χ1n) is 9.41. The normalized spacial score (nSPS) is 12.1. The minimum Gasteiger partial charge on any atom is -0.454 e. The second-order valence-electron chi connectivity index (χ2n) is 7.14. The van der Waals surface area contributed by atoms with Gasteiger partial charge in [-0.1, -0.05) is 32.0 Å². The fraction of sp³-hybridized carbons (Fsp3) is 0.227. The highest BCUT2D eigenvalue weighted by atomic mass is 16.7. The van der Waals surface area contributed by atoms with Crippen molar-refractivity contribution in [1.29, 1.82) is 0 Å². The van der Waals surface area contributed by atoms with Gasteiger partial charge in [0.2, 0.25) is 12.7 Å². The molecular formula is C22H22N4O3. The predicted molar refractivity (Wildman–Crippen MR) is 111 cm³/mol. The van der Waals surface area contributed by atoms with Crippen LogP contribution < -0.4 is 20.1 Å². The number of carbonyl (C=O) groups is 1. The van der Waals surface area contributed by atoms with Crippen molar-refractivity contribution in [2.45, 2.75) is 26.7 Å². The summed E-state index contributed by atoms with van der Waals surface area (Å²) in [5.74, 6) is 1.83. The molecule has 1 aliphatic heterocycles. The lowest BCUT2D eigenvalue weighted by molar-refractivity contribution is 0.102. The van der Waals surface area contributed by atoms with Crippen molar-refractivity contribution in [2.75, 3.05) is 17.4 Å². The molecule has 29 heavy (non-hydrogen) atoms. The molecule has 0 saturated heterocycles. The van der Waals surface area contributed by atoms with Crippen LogP contribution in [0.2, 0.25) is 0 Å². The molecule has 0 fully saturated rings. The maximum atomic E-state index is 12.7. The first kappa shape index (κ1) is 18.7. The molecule has 1 aromatic heterocycles. The third-order valence-electron chi connectivity index (χ3n) is 4.71. The van der Waals surface area contributed by atoms with E-state index in [9.17, 15) is 4.79 Å². The molecule has 1 aliphatic rings. The van der Waals surface area contributed by atoms with Crippen molar-refractivity contribution in [2.24, 2.45) is 0 Å². The molecule has 0 bridgehead atoms. The largest absolute Gasteiger partial charge is 0.454 e. The first-order chi connectivity index (χ1) is 14.0. The fourth-order valence-corrected chi connectivity index (χ4v) is 3.14. The number of aromatic nitrogens is 2. The minimum absolute atomic E-state index is 0.221. The Morgan fingerprint density at radius 1 is 1.07 bits per heavy atom. The number of carbonyl (C=O) groups excluding carboxylic acids is 1. The van der Waals surface area contributed by atoms with E-state index in [0.717, 1.165) is 22.5 Å². The molecular weight excluding hydrogens is 368 g/mol. The average molecular weight is 390 g/mol. The average Bonchev–Trinajstić information content (AvgIpc) is 3.17. The summed E-state index contributed by atoms with van der Waals surface area (Å²) in [5, 5.41) is 6.10. The van der Waals surface area contributed by atoms with Crippen molar-refractivity contribution < 1.29 is 14.3 Å². The van der Waals surface area contributed by atoms with Crippen LogP contribution in [0.4, 0.5) is 17.3 Å². The van der Waals surface area contributed by atoms with Crippen LogP contribution in [-0.4, -0.2) is 22.7 Å². The second-order valence-corrected chi connectivity index (χ2v) is 7.14. The molecule has 0 saturated carbocycles. The van der Waals surface area contributed by atoms with Gasteiger partial charge in [0, 0.05) is 29.8 Å². The molecule has 4 rings (SSSR count). The Morgan fingerprint density at radius 2 is 1.83 bits per heavy atom. The zero-order chi connectivity index (χ0) is 20.4. The first-order valence-corrected chi connectivity index (χ1v) is 9.41. The van der Waals surface area contributed by atoms with Gasteiger partial charge in [-0.3, -0.25) is 4.79 Å². The molecule has 148 valence electrons. The van der Waals surface area contributed by atoms with Crippen LogP contribution in [0.1, 0.15) is 41.3 Å². The summed E-state index contributed by atoms with van der Waals surface area (Å²) in [6.07, 6.45) is 3.01. The maximum Gasteiger partial charge on any atom is 0.258 e. The number of benzene rings is 2. The molecule has 0 unspecified atom stereocenters. The van der Waals surface area contributed by atoms with E-state index < -0.39 is 0 Å². The Morgan fingerprint density at radius 3 is 2.59 bits per heavy atom. The summed E-state index contributed by atoms with van der Waals surface area (Å²) in [6.45, 7) is 6.41. The number of amides is 1. The van der Waals surface area contributed by atoms with Crippen molar-refractivity contribution in [3.05, 3.63) is 65.5 Å². The Hall–Kier alpha value is -3.61. The SMILES string of the molecule is Cc1cccc(C(C)C)c1NC(=O)c1cnc(Nc2ccc3c(c2)OCO3)nc1. The summed E-state index contributed by atoms with van der Waals surface area (Å²) in [4.78, 5) is 21.2. The molecule has 0 radical (unpaired) electrons. The molecule has 2 aromatic carbocycles. The van der Waals surface area contributed by atoms with Crippen molar-refractivity contribution >= 4 is 23.2 Å². The summed E-state index contributed by atoms with van der Waals surface area (Å²) in [5.41, 5.74) is 4.12. The number of ether oxygens (including phenoxy) is 2. The van der Waals surface area contributed by atoms with Gasteiger partial charge >= 0.3 is 0 Å². The van der Waals surface area contributed by atoms with Crippen LogP contribution in [-0.2, 0) is 0 Å². The number of nitrogens with one attached hydrogen (secondary N) is 2. The molecule has 0 aliphatic carbocycles. The van der Waals surface area contributed by atoms with Crippen LogP contribution in [0.3, 0.4) is 0 Å². The highest BCUT2D eigenvalue weighted by molar-refractivity contribution is 6.04. The maximum absolute atomic E-state index is 12.7. The summed E-state index contributed by atoms with van der Waals surface area (Å²) < 4.78 is 10.7. The van der Waals surface area contributed by atoms with Gasteiger partial charge in [0.25, 0.3) is 5.91 Å². The molecule has 2 heterocycles. The van der Waals surface area contributed by atoms with E-state index in [4.69, 9.17) is 9.47 Å². The van der Waals surface area contributed by atoms with Gasteiger partial charge in [0.15, 0.2) is 11.5 Å². The number of nitrogens with zero attached hydrogens (tertiary/aromatic N) is 2. The Bertz CT molecular complexity index is 1050. The van der Waals surface area contributed by atoms with E-state index in [1.807, 2.05) is 43.3 Å². The summed E-state index contributed by atoms with van der Waals surface area (Å²) in [6, 6.07) is 11.5. The second kappa shape index (κ2) is 7.79. The topological polar surface area (TPSA) is 85.4 Å². The van der Waals surface area contributed by atoms with Gasteiger partial charge < -0.3 is 20.1 Å². The van der Waals surface area contributed by atoms with Crippen molar-refractivity contribution in [3.63, 3.8) is 0 Å². The van der Waals surface area contributed by atoms with Crippen molar-refractivity contribution in [3.8, 4) is 11.5 Å². The van der Waals surface area contributed by atoms with Gasteiger partial charge in [0.05, 0.1) is 5.56 Å². The predicted octanol–water partition coefficient (Wildman–Crippen LogP) is 4.63. The van der Waals surface area contributed by atoms with E-state index in [0.29, 0.717) is 28.9 Å². The monoisotopic (exact) mass is 390 g/mol. The fourth-order valence-electron chi connectivity index (χ4n) is 3.14. The Balaban J connectivity index is 1.47. The number of hydrogen-bond donors (Lipinski definition) is 2. The van der Waals surface area contributed by atoms with Crippen LogP contribution in [0.25, 0.3) is 0 Å². The zero-order valence-corrected chi connectivity index (χ0v) is 16.5. The van der Waals surface area contributed by atoms with Crippen molar-refractivity contribution in [1.82, 2.24) is 9.97 Å². The smallest absolute Gasteiger partial charge is 0.258 e. The van der Waals surface area contributed by atoms with Gasteiger partial charge in [-0.05, 0) is 36.1 Å². The van der Waals surface area contributed by atoms with Crippen LogP contribution >= 0.6 is 0 Å². The number of fused-ring (bicyclic) bond motifs is 1. The van der Waals surface area contributed by atoms with Crippen LogP contribution in [0.15, 0.2) is 48.8 Å². The molecule has 7 heteroatoms. The number of rotatable bonds is 5. The van der Waals surface area contributed by atoms with Gasteiger partial charge in [-0.25, -0.2) is 9.97 Å². The molecule has 3 aromatic rings. The van der Waals surface area contributed by atoms with E-state index in [-0.39, 0.29) is 12.7 Å². The lowest BCUT2D eigenvalue weighted by atomic mass is 9.98. The summed E-state index contributed by atoms with van der Waals surface area (Å²) >= 11 is 0. The third-order valence-corrected chi connectivity index (χ3v) is 4.71. The number of para-hydroxylation sites is 1. The highest BCUT2D eigenvalue weighted by Crippen LogP contribution is 2.34. The van der Waals surface area contributed by atoms with Crippen LogP contribution in [0.5, 0.6) is 11.5 Å². The lowest BCUT2D eigenvalue weighted by Gasteiger charge is -2.16. The zero-order valence-electron chi connectivity index (χ0n) is 16.5. The molecule has 1 amide bonds. The van der Waals surface area contributed by atoms with E-state index in [2.05, 4.69) is 34.4 Å². The Labute approximate surface area is 169 Å². The van der Waals surface area contributed by atoms with Crippen LogP contribution in [0, 0.1) is 6.92 Å². The lowest BCUT2D eigenvalue weighted by Crippen LogP contribution is -2.15. The standard InChI is InChI=1S/C22H22N4O3/c1-13(2)17-6-4-5-14(3)20(17)26-21(27)15-10-23-22(24-11-15)25-16-7-8-18-19(9-16)29-12-28-18/h4-11,13H,12H2,1-3H3,(H,26,27)(H,23,24,25). The number of aryl methyl sites for hydroxylation is 1. The Kier molecular flexibility index (Phi) is 5.03. The minimum atomic E-state index is -0.240. The molecule has 2 N–H and O–H groups in total. The van der Waals surface area contributed by atoms with Gasteiger partial charge in [0.1, 0.15) is 0 Å². The van der Waals surface area contributed by atoms with Gasteiger partial charge in [-0.15, -0.1) is 0 Å². The number of hydrogen-bond acceptors (Lipinski definition) is 6.